The Kier molecular flexibility index (Phi) is 8.46. The molecule has 43 heavy (non-hydrogen) atoms. The van der Waals surface area contributed by atoms with E-state index in [0.717, 1.165) is 80.2 Å². The van der Waals surface area contributed by atoms with Crippen LogP contribution in [-0.4, -0.2) is 57.9 Å². The van der Waals surface area contributed by atoms with Crippen molar-refractivity contribution in [2.24, 2.45) is 9.98 Å². The van der Waals surface area contributed by atoms with Crippen LogP contribution in [0.15, 0.2) is 28.2 Å². The first-order valence-corrected chi connectivity index (χ1v) is 17.6. The molecule has 0 radical (unpaired) electrons. The highest BCUT2D eigenvalue weighted by Crippen LogP contribution is 2.40. The van der Waals surface area contributed by atoms with Gasteiger partial charge in [-0.2, -0.15) is 0 Å². The summed E-state index contributed by atoms with van der Waals surface area (Å²) in [6, 6.07) is 7.28. The van der Waals surface area contributed by atoms with Crippen LogP contribution in [0.25, 0.3) is 0 Å². The lowest BCUT2D eigenvalue weighted by atomic mass is 9.93. The maximum absolute atomic E-state index is 13.9. The van der Waals surface area contributed by atoms with Crippen LogP contribution in [0.4, 0.5) is 21.0 Å². The third kappa shape index (κ3) is 5.59. The van der Waals surface area contributed by atoms with Crippen LogP contribution >= 0.6 is 0 Å². The molecule has 7 rings (SSSR count). The fourth-order valence-electron chi connectivity index (χ4n) is 8.40. The van der Waals surface area contributed by atoms with Gasteiger partial charge in [-0.3, -0.25) is 9.80 Å². The monoisotopic (exact) mass is 586 g/mol. The molecule has 1 aromatic carbocycles. The van der Waals surface area contributed by atoms with Crippen LogP contribution < -0.4 is 9.80 Å². The summed E-state index contributed by atoms with van der Waals surface area (Å²) in [7, 11) is 0. The maximum atomic E-state index is 13.9. The summed E-state index contributed by atoms with van der Waals surface area (Å²) in [5.41, 5.74) is 2.69. The van der Waals surface area contributed by atoms with Crippen molar-refractivity contribution in [1.29, 1.82) is 0 Å². The predicted molar refractivity (Wildman–Crippen MR) is 173 cm³/mol. The molecule has 0 spiro atoms. The van der Waals surface area contributed by atoms with Crippen LogP contribution in [0, 0.1) is 6.92 Å². The van der Waals surface area contributed by atoms with Gasteiger partial charge in [-0.25, -0.2) is 29.4 Å². The Morgan fingerprint density at radius 1 is 0.558 bits per heavy atom. The van der Waals surface area contributed by atoms with Crippen LogP contribution in [0.2, 0.25) is 0 Å². The fourth-order valence-corrected chi connectivity index (χ4v) is 8.40. The van der Waals surface area contributed by atoms with E-state index in [1.165, 1.54) is 77.0 Å². The van der Waals surface area contributed by atoms with Gasteiger partial charge in [0.05, 0.1) is 23.5 Å². The predicted octanol–water partition coefficient (Wildman–Crippen LogP) is 8.52. The van der Waals surface area contributed by atoms with Gasteiger partial charge in [0.2, 0.25) is 11.9 Å². The zero-order valence-corrected chi connectivity index (χ0v) is 26.2. The van der Waals surface area contributed by atoms with Crippen molar-refractivity contribution >= 4 is 35.4 Å². The average Bonchev–Trinajstić information content (AvgIpc) is 3.04. The zero-order chi connectivity index (χ0) is 29.3. The molecular formula is C35H50N6O2. The minimum atomic E-state index is 0.0335. The van der Waals surface area contributed by atoms with Crippen LogP contribution in [-0.2, 0) is 0 Å². The molecule has 2 saturated heterocycles. The summed E-state index contributed by atoms with van der Waals surface area (Å²) >= 11 is 0. The largest absolute Gasteiger partial charge is 0.338 e. The number of carbonyl (C=O) groups is 2. The third-order valence-corrected chi connectivity index (χ3v) is 10.9. The molecule has 4 amide bonds. The molecule has 0 N–H and O–H groups in total. The molecule has 0 atom stereocenters. The molecule has 6 fully saturated rings. The Morgan fingerprint density at radius 3 is 1.47 bits per heavy atom. The number of amides is 4. The number of benzene rings is 1. The molecule has 8 nitrogen and oxygen atoms in total. The first-order chi connectivity index (χ1) is 21.1. The van der Waals surface area contributed by atoms with Crippen molar-refractivity contribution in [3.63, 3.8) is 0 Å². The second-order valence-corrected chi connectivity index (χ2v) is 14.0. The van der Waals surface area contributed by atoms with E-state index >= 15 is 0 Å². The summed E-state index contributed by atoms with van der Waals surface area (Å²) in [6.45, 7) is 2.07. The molecule has 2 heterocycles. The fraction of sp³-hybridized carbons (Fsp3) is 0.714. The molecule has 0 aromatic heterocycles. The maximum Gasteiger partial charge on any atom is 0.338 e. The molecule has 232 valence electrons. The number of carbonyl (C=O) groups excluding carboxylic acids is 2. The third-order valence-electron chi connectivity index (χ3n) is 10.9. The SMILES string of the molecule is Cc1ccc(N2C(=O)N(C3CCCCC3)C2=NC2CCCCC2)cc1N1C(=O)N(C2CCCCC2)C1=NC1CCCCC1. The first kappa shape index (κ1) is 28.8. The Labute approximate surface area is 257 Å². The van der Waals surface area contributed by atoms with Crippen LogP contribution in [0.5, 0.6) is 0 Å². The minimum absolute atomic E-state index is 0.0335. The average molecular weight is 587 g/mol. The Balaban J connectivity index is 1.21. The summed E-state index contributed by atoms with van der Waals surface area (Å²) in [5.74, 6) is 1.66. The number of guanidine groups is 2. The molecule has 0 unspecified atom stereocenters. The van der Waals surface area contributed by atoms with Gasteiger partial charge >= 0.3 is 12.1 Å². The number of anilines is 2. The van der Waals surface area contributed by atoms with E-state index in [2.05, 4.69) is 13.0 Å². The molecule has 1 aromatic rings. The molecule has 4 saturated carbocycles. The van der Waals surface area contributed by atoms with Crippen molar-refractivity contribution in [3.05, 3.63) is 23.8 Å². The van der Waals surface area contributed by atoms with E-state index in [1.807, 2.05) is 31.7 Å². The lowest BCUT2D eigenvalue weighted by molar-refractivity contribution is 0.187. The van der Waals surface area contributed by atoms with E-state index in [1.54, 1.807) is 0 Å². The molecule has 6 aliphatic rings. The van der Waals surface area contributed by atoms with E-state index in [4.69, 9.17) is 9.98 Å². The lowest BCUT2D eigenvalue weighted by Crippen LogP contribution is -2.69. The number of aliphatic imine (C=N–C) groups is 2. The van der Waals surface area contributed by atoms with Crippen molar-refractivity contribution in [1.82, 2.24) is 9.80 Å². The summed E-state index contributed by atoms with van der Waals surface area (Å²) in [6.07, 6.45) is 23.3. The van der Waals surface area contributed by atoms with Crippen molar-refractivity contribution in [3.8, 4) is 0 Å². The van der Waals surface area contributed by atoms with Gasteiger partial charge in [-0.15, -0.1) is 0 Å². The van der Waals surface area contributed by atoms with Crippen molar-refractivity contribution in [2.45, 2.75) is 160 Å². The first-order valence-electron chi connectivity index (χ1n) is 17.6. The van der Waals surface area contributed by atoms with Gasteiger partial charge in [0, 0.05) is 12.1 Å². The van der Waals surface area contributed by atoms with E-state index in [9.17, 15) is 9.59 Å². The molecular weight excluding hydrogens is 536 g/mol. The number of rotatable bonds is 6. The quantitative estimate of drug-likeness (QED) is 0.335. The summed E-state index contributed by atoms with van der Waals surface area (Å²) in [4.78, 5) is 46.0. The topological polar surface area (TPSA) is 71.8 Å². The normalized spacial score (nSPS) is 27.3. The van der Waals surface area contributed by atoms with Crippen LogP contribution in [0.1, 0.15) is 134 Å². The highest BCUT2D eigenvalue weighted by molar-refractivity contribution is 6.32. The number of hydrogen-bond donors (Lipinski definition) is 0. The Hall–Kier alpha value is -2.90. The molecule has 0 bridgehead atoms. The smallest absolute Gasteiger partial charge is 0.260 e. The van der Waals surface area contributed by atoms with E-state index < -0.39 is 0 Å². The van der Waals surface area contributed by atoms with Gasteiger partial charge in [0.25, 0.3) is 0 Å². The van der Waals surface area contributed by atoms with Gasteiger partial charge < -0.3 is 0 Å². The zero-order valence-electron chi connectivity index (χ0n) is 26.2. The second kappa shape index (κ2) is 12.6. The Morgan fingerprint density at radius 2 is 0.977 bits per heavy atom. The minimum Gasteiger partial charge on any atom is -0.260 e. The van der Waals surface area contributed by atoms with E-state index in [-0.39, 0.29) is 36.2 Å². The standard InChI is InChI=1S/C35H50N6O2/c1-25-22-23-30(40-32(36-26-14-6-2-7-15-26)38(34(40)42)28-18-10-4-11-19-28)24-31(25)41-33(37-27-16-8-3-9-17-27)39(35(41)43)29-20-12-5-13-21-29/h22-24,26-29H,2-21H2,1H3. The second-order valence-electron chi connectivity index (χ2n) is 14.0. The summed E-state index contributed by atoms with van der Waals surface area (Å²) in [5, 5.41) is 0. The lowest BCUT2D eigenvalue weighted by Gasteiger charge is -2.50. The van der Waals surface area contributed by atoms with Gasteiger partial charge in [0.1, 0.15) is 0 Å². The van der Waals surface area contributed by atoms with Gasteiger partial charge in [-0.1, -0.05) is 83.1 Å². The van der Waals surface area contributed by atoms with Gasteiger partial charge in [0.15, 0.2) is 0 Å². The highest BCUT2D eigenvalue weighted by atomic mass is 16.2. The van der Waals surface area contributed by atoms with Gasteiger partial charge in [-0.05, 0) is 76.0 Å². The number of nitrogens with zero attached hydrogens (tertiary/aromatic N) is 6. The van der Waals surface area contributed by atoms with Crippen molar-refractivity contribution < 1.29 is 9.59 Å². The number of aryl methyl sites for hydroxylation is 1. The molecule has 2 aliphatic heterocycles. The van der Waals surface area contributed by atoms with Crippen LogP contribution in [0.3, 0.4) is 0 Å². The highest BCUT2D eigenvalue weighted by Gasteiger charge is 2.50. The number of hydrogen-bond acceptors (Lipinski definition) is 4. The Bertz CT molecular complexity index is 1250. The van der Waals surface area contributed by atoms with Crippen molar-refractivity contribution in [2.75, 3.05) is 9.80 Å². The number of urea groups is 2. The molecule has 4 aliphatic carbocycles. The van der Waals surface area contributed by atoms with E-state index in [0.29, 0.717) is 0 Å². The summed E-state index contributed by atoms with van der Waals surface area (Å²) < 4.78 is 0. The molecule has 8 heteroatoms.